The van der Waals surface area contributed by atoms with Gasteiger partial charge in [0, 0.05) is 22.5 Å². The molecule has 2 aliphatic heterocycles. The summed E-state index contributed by atoms with van der Waals surface area (Å²) >= 11 is 6.61. The zero-order valence-electron chi connectivity index (χ0n) is 15.0. The van der Waals surface area contributed by atoms with Crippen LogP contribution in [0.25, 0.3) is 0 Å². The fourth-order valence-electron chi connectivity index (χ4n) is 3.07. The van der Waals surface area contributed by atoms with Crippen LogP contribution < -0.4 is 4.90 Å². The maximum absolute atomic E-state index is 13.1. The topological polar surface area (TPSA) is 35.9 Å². The van der Waals surface area contributed by atoms with Crippen LogP contribution in [0.4, 0.5) is 11.4 Å². The molecule has 7 heteroatoms. The highest BCUT2D eigenvalue weighted by Gasteiger charge is 2.38. The van der Waals surface area contributed by atoms with E-state index in [2.05, 4.69) is 39.9 Å². The number of nitrogens with zero attached hydrogens (tertiary/aromatic N) is 3. The Kier molecular flexibility index (Phi) is 5.34. The lowest BCUT2D eigenvalue weighted by Gasteiger charge is -2.19. The molecule has 0 N–H and O–H groups in total. The van der Waals surface area contributed by atoms with Crippen LogP contribution >= 0.6 is 39.5 Å². The highest BCUT2D eigenvalue weighted by molar-refractivity contribution is 9.10. The number of amides is 1. The number of hydrogen-bond acceptors (Lipinski definition) is 5. The fraction of sp³-hybridized carbons (Fsp3) is 0.200. The predicted octanol–water partition coefficient (Wildman–Crippen LogP) is 5.83. The molecule has 2 aliphatic rings. The second-order valence-corrected chi connectivity index (χ2v) is 8.90. The molecular weight excluding hydrogens is 442 g/mol. The van der Waals surface area contributed by atoms with E-state index in [-0.39, 0.29) is 5.91 Å². The number of carbonyl (C=O) groups is 1. The van der Waals surface area contributed by atoms with E-state index in [1.807, 2.05) is 43.3 Å². The quantitative estimate of drug-likeness (QED) is 0.540. The van der Waals surface area contributed by atoms with Gasteiger partial charge >= 0.3 is 0 Å². The van der Waals surface area contributed by atoms with Crippen molar-refractivity contribution in [2.75, 3.05) is 18.0 Å². The first-order chi connectivity index (χ1) is 13.1. The van der Waals surface area contributed by atoms with E-state index < -0.39 is 0 Å². The highest BCUT2D eigenvalue weighted by atomic mass is 79.9. The first-order valence-electron chi connectivity index (χ1n) is 8.75. The number of fused-ring (bicyclic) bond motifs is 1. The summed E-state index contributed by atoms with van der Waals surface area (Å²) in [5.41, 5.74) is 2.00. The van der Waals surface area contributed by atoms with Crippen LogP contribution in [0.2, 0.25) is 0 Å². The molecule has 0 bridgehead atoms. The van der Waals surface area contributed by atoms with E-state index in [1.54, 1.807) is 16.7 Å². The maximum Gasteiger partial charge on any atom is 0.269 e. The number of aliphatic imine (C=N–C) groups is 1. The number of thioether (sulfide) groups is 2. The smallest absolute Gasteiger partial charge is 0.269 e. The Morgan fingerprint density at radius 2 is 1.78 bits per heavy atom. The number of halogens is 1. The molecule has 27 heavy (non-hydrogen) atoms. The molecule has 4 nitrogen and oxygen atoms in total. The van der Waals surface area contributed by atoms with Gasteiger partial charge in [-0.2, -0.15) is 0 Å². The molecule has 0 unspecified atom stereocenters. The minimum atomic E-state index is 0.0324. The lowest BCUT2D eigenvalue weighted by atomic mass is 10.3. The van der Waals surface area contributed by atoms with Gasteiger partial charge in [0.05, 0.1) is 11.4 Å². The molecule has 0 saturated carbocycles. The lowest BCUT2D eigenvalue weighted by molar-refractivity contribution is -0.122. The minimum Gasteiger partial charge on any atom is -0.334 e. The normalized spacial score (nSPS) is 20.7. The van der Waals surface area contributed by atoms with Gasteiger partial charge in [-0.05, 0) is 55.9 Å². The summed E-state index contributed by atoms with van der Waals surface area (Å²) in [4.78, 5) is 23.8. The SMILES string of the molecule is CCN1C(=O)C(=C2Sc3ccccc3N2CC)SC1=Nc1cccc(Br)c1. The Labute approximate surface area is 175 Å². The predicted molar refractivity (Wildman–Crippen MR) is 119 cm³/mol. The summed E-state index contributed by atoms with van der Waals surface area (Å²) in [6.07, 6.45) is 0. The van der Waals surface area contributed by atoms with Crippen molar-refractivity contribution in [3.8, 4) is 0 Å². The van der Waals surface area contributed by atoms with E-state index in [0.717, 1.165) is 31.8 Å². The number of hydrogen-bond donors (Lipinski definition) is 0. The van der Waals surface area contributed by atoms with Gasteiger partial charge < -0.3 is 4.90 Å². The summed E-state index contributed by atoms with van der Waals surface area (Å²) in [7, 11) is 0. The molecule has 0 atom stereocenters. The molecule has 0 aliphatic carbocycles. The van der Waals surface area contributed by atoms with Crippen molar-refractivity contribution < 1.29 is 4.79 Å². The van der Waals surface area contributed by atoms with E-state index in [4.69, 9.17) is 4.99 Å². The third-order valence-corrected chi connectivity index (χ3v) is 7.20. The standard InChI is InChI=1S/C20H18BrN3OS2/c1-3-23-15-10-5-6-11-16(15)26-19(23)17-18(25)24(4-2)20(27-17)22-14-9-7-8-13(21)12-14/h5-12H,3-4H2,1-2H3. The Morgan fingerprint density at radius 1 is 1.00 bits per heavy atom. The zero-order valence-corrected chi connectivity index (χ0v) is 18.2. The summed E-state index contributed by atoms with van der Waals surface area (Å²) in [6, 6.07) is 16.1. The van der Waals surface area contributed by atoms with Crippen molar-refractivity contribution in [1.82, 2.24) is 4.90 Å². The molecule has 2 aromatic carbocycles. The monoisotopic (exact) mass is 459 g/mol. The summed E-state index contributed by atoms with van der Waals surface area (Å²) in [5.74, 6) is 0.0324. The van der Waals surface area contributed by atoms with Crippen molar-refractivity contribution in [3.63, 3.8) is 0 Å². The average molecular weight is 460 g/mol. The van der Waals surface area contributed by atoms with E-state index in [1.165, 1.54) is 22.3 Å². The van der Waals surface area contributed by atoms with Gasteiger partial charge in [0.15, 0.2) is 5.17 Å². The summed E-state index contributed by atoms with van der Waals surface area (Å²) < 4.78 is 0.972. The van der Waals surface area contributed by atoms with E-state index in [9.17, 15) is 4.79 Å². The number of likely N-dealkylation sites (N-methyl/N-ethyl adjacent to an activating group) is 1. The molecule has 1 fully saturated rings. The number of amidine groups is 1. The average Bonchev–Trinajstić information content (AvgIpc) is 3.18. The maximum atomic E-state index is 13.1. The van der Waals surface area contributed by atoms with Gasteiger partial charge in [0.1, 0.15) is 9.93 Å². The molecule has 1 amide bonds. The fourth-order valence-corrected chi connectivity index (χ4v) is 5.91. The van der Waals surface area contributed by atoms with Gasteiger partial charge in [-0.3, -0.25) is 9.69 Å². The molecular formula is C20H18BrN3OS2. The number of para-hydroxylation sites is 1. The van der Waals surface area contributed by atoms with Crippen LogP contribution in [0.5, 0.6) is 0 Å². The van der Waals surface area contributed by atoms with Gasteiger partial charge in [0.25, 0.3) is 5.91 Å². The van der Waals surface area contributed by atoms with Crippen molar-refractivity contribution in [2.45, 2.75) is 18.7 Å². The Hall–Kier alpha value is -1.70. The van der Waals surface area contributed by atoms with Gasteiger partial charge in [-0.25, -0.2) is 4.99 Å². The lowest BCUT2D eigenvalue weighted by Crippen LogP contribution is -2.29. The largest absolute Gasteiger partial charge is 0.334 e. The molecule has 0 spiro atoms. The number of carbonyl (C=O) groups excluding carboxylic acids is 1. The van der Waals surface area contributed by atoms with Crippen LogP contribution in [0.1, 0.15) is 13.8 Å². The molecule has 0 radical (unpaired) electrons. The second kappa shape index (κ2) is 7.73. The third-order valence-electron chi connectivity index (χ3n) is 4.33. The van der Waals surface area contributed by atoms with E-state index >= 15 is 0 Å². The summed E-state index contributed by atoms with van der Waals surface area (Å²) in [6.45, 7) is 5.51. The van der Waals surface area contributed by atoms with Crippen molar-refractivity contribution in [1.29, 1.82) is 0 Å². The van der Waals surface area contributed by atoms with Crippen molar-refractivity contribution >= 4 is 61.9 Å². The van der Waals surface area contributed by atoms with Crippen molar-refractivity contribution in [3.05, 3.63) is 62.9 Å². The molecule has 0 aromatic heterocycles. The van der Waals surface area contributed by atoms with E-state index in [0.29, 0.717) is 6.54 Å². The Morgan fingerprint density at radius 3 is 2.52 bits per heavy atom. The first-order valence-corrected chi connectivity index (χ1v) is 11.2. The number of benzene rings is 2. The number of anilines is 1. The molecule has 2 aromatic rings. The Balaban J connectivity index is 1.75. The molecule has 138 valence electrons. The molecule has 4 rings (SSSR count). The minimum absolute atomic E-state index is 0.0324. The molecule has 1 saturated heterocycles. The zero-order chi connectivity index (χ0) is 19.0. The van der Waals surface area contributed by atoms with Crippen LogP contribution in [-0.2, 0) is 4.79 Å². The number of rotatable bonds is 3. The van der Waals surface area contributed by atoms with Gasteiger partial charge in [-0.1, -0.05) is 45.9 Å². The van der Waals surface area contributed by atoms with Gasteiger partial charge in [0.2, 0.25) is 0 Å². The third kappa shape index (κ3) is 3.44. The van der Waals surface area contributed by atoms with Gasteiger partial charge in [-0.15, -0.1) is 0 Å². The second-order valence-electron chi connectivity index (χ2n) is 5.97. The highest BCUT2D eigenvalue weighted by Crippen LogP contribution is 2.50. The Bertz CT molecular complexity index is 973. The van der Waals surface area contributed by atoms with Crippen LogP contribution in [0.3, 0.4) is 0 Å². The van der Waals surface area contributed by atoms with Crippen molar-refractivity contribution in [2.24, 2.45) is 4.99 Å². The first kappa shape index (κ1) is 18.7. The molecule has 2 heterocycles. The van der Waals surface area contributed by atoms with Crippen LogP contribution in [-0.4, -0.2) is 29.1 Å². The van der Waals surface area contributed by atoms with Crippen LogP contribution in [0, 0.1) is 0 Å². The van der Waals surface area contributed by atoms with Crippen LogP contribution in [0.15, 0.2) is 72.8 Å². The summed E-state index contributed by atoms with van der Waals surface area (Å²) in [5, 5.41) is 1.74.